The molecular formula is C29H34N2O5S2. The van der Waals surface area contributed by atoms with E-state index in [2.05, 4.69) is 16.9 Å². The van der Waals surface area contributed by atoms with Crippen molar-refractivity contribution in [2.45, 2.75) is 50.0 Å². The molecule has 5 rings (SSSR count). The predicted octanol–water partition coefficient (Wildman–Crippen LogP) is 4.57. The fourth-order valence-corrected chi connectivity index (χ4v) is 7.59. The molecule has 2 aliphatic carbocycles. The van der Waals surface area contributed by atoms with Crippen molar-refractivity contribution in [2.24, 2.45) is 11.7 Å². The van der Waals surface area contributed by atoms with Crippen LogP contribution in [0.5, 0.6) is 5.75 Å². The van der Waals surface area contributed by atoms with Crippen molar-refractivity contribution < 1.29 is 21.6 Å². The van der Waals surface area contributed by atoms with Crippen LogP contribution in [0.1, 0.15) is 46.7 Å². The van der Waals surface area contributed by atoms with Gasteiger partial charge in [0.25, 0.3) is 0 Å². The van der Waals surface area contributed by atoms with E-state index in [-0.39, 0.29) is 6.04 Å². The largest absolute Gasteiger partial charge is 0.494 e. The minimum Gasteiger partial charge on any atom is -0.494 e. The number of rotatable bonds is 7. The molecule has 2 aliphatic rings. The molecule has 3 N–H and O–H groups in total. The molecule has 9 heteroatoms. The van der Waals surface area contributed by atoms with E-state index in [0.717, 1.165) is 54.2 Å². The minimum atomic E-state index is -3.34. The molecule has 0 heterocycles. The van der Waals surface area contributed by atoms with Crippen LogP contribution in [0.3, 0.4) is 0 Å². The van der Waals surface area contributed by atoms with E-state index < -0.39 is 19.9 Å². The Morgan fingerprint density at radius 2 is 1.68 bits per heavy atom. The van der Waals surface area contributed by atoms with Gasteiger partial charge in [-0.05, 0) is 108 Å². The first-order valence-corrected chi connectivity index (χ1v) is 16.6. The molecule has 3 aromatic carbocycles. The normalized spacial score (nSPS) is 18.7. The number of fused-ring (bicyclic) bond motifs is 5. The van der Waals surface area contributed by atoms with Crippen molar-refractivity contribution in [1.29, 1.82) is 0 Å². The second-order valence-electron chi connectivity index (χ2n) is 10.6. The van der Waals surface area contributed by atoms with Crippen LogP contribution in [-0.2, 0) is 39.1 Å². The lowest BCUT2D eigenvalue weighted by molar-refractivity contribution is 0.259. The summed E-state index contributed by atoms with van der Waals surface area (Å²) in [5, 5.41) is 0. The molecule has 2 atom stereocenters. The number of hydrogen-bond donors (Lipinski definition) is 2. The summed E-state index contributed by atoms with van der Waals surface area (Å²) in [5.74, 6) is 1.08. The molecule has 38 heavy (non-hydrogen) atoms. The SMILES string of the molecule is Cc1cc(OCCC2Cc3c(ccc4c3CCc3c-4cccc3S(C)(=O)=O)C(N)C2)ccc1NS(C)(=O)=O. The van der Waals surface area contributed by atoms with Gasteiger partial charge in [-0.25, -0.2) is 16.8 Å². The number of nitrogens with one attached hydrogen (secondary N) is 1. The van der Waals surface area contributed by atoms with Crippen LogP contribution < -0.4 is 15.2 Å². The number of benzene rings is 3. The van der Waals surface area contributed by atoms with Crippen LogP contribution >= 0.6 is 0 Å². The number of hydrogen-bond acceptors (Lipinski definition) is 6. The maximum absolute atomic E-state index is 12.4. The average molecular weight is 555 g/mol. The van der Waals surface area contributed by atoms with Gasteiger partial charge in [0.05, 0.1) is 23.4 Å². The highest BCUT2D eigenvalue weighted by atomic mass is 32.2. The topological polar surface area (TPSA) is 116 Å². The highest BCUT2D eigenvalue weighted by Gasteiger charge is 2.31. The van der Waals surface area contributed by atoms with Crippen LogP contribution in [0.15, 0.2) is 53.4 Å². The van der Waals surface area contributed by atoms with E-state index in [1.54, 1.807) is 18.2 Å². The Morgan fingerprint density at radius 1 is 0.947 bits per heavy atom. The summed E-state index contributed by atoms with van der Waals surface area (Å²) >= 11 is 0. The summed E-state index contributed by atoms with van der Waals surface area (Å²) in [6.45, 7) is 2.39. The van der Waals surface area contributed by atoms with Crippen molar-refractivity contribution >= 4 is 25.5 Å². The van der Waals surface area contributed by atoms with Gasteiger partial charge in [-0.15, -0.1) is 0 Å². The Bertz CT molecular complexity index is 1610. The summed E-state index contributed by atoms with van der Waals surface area (Å²) in [7, 11) is -6.63. The van der Waals surface area contributed by atoms with E-state index in [1.165, 1.54) is 22.9 Å². The van der Waals surface area contributed by atoms with Crippen LogP contribution in [-0.4, -0.2) is 36.0 Å². The fourth-order valence-electron chi connectivity index (χ4n) is 5.97. The Hall–Kier alpha value is -2.88. The lowest BCUT2D eigenvalue weighted by atomic mass is 9.73. The van der Waals surface area contributed by atoms with E-state index in [1.807, 2.05) is 25.1 Å². The van der Waals surface area contributed by atoms with Gasteiger partial charge in [0.1, 0.15) is 5.75 Å². The van der Waals surface area contributed by atoms with Gasteiger partial charge in [-0.2, -0.15) is 0 Å². The molecule has 0 aliphatic heterocycles. The second-order valence-corrected chi connectivity index (χ2v) is 14.3. The first-order valence-electron chi connectivity index (χ1n) is 12.8. The van der Waals surface area contributed by atoms with Crippen LogP contribution in [0, 0.1) is 12.8 Å². The summed E-state index contributed by atoms with van der Waals surface area (Å²) in [6, 6.07) is 15.1. The Balaban J connectivity index is 1.32. The molecule has 0 saturated carbocycles. The molecule has 7 nitrogen and oxygen atoms in total. The summed E-state index contributed by atoms with van der Waals surface area (Å²) in [4.78, 5) is 0.431. The van der Waals surface area contributed by atoms with Crippen LogP contribution in [0.25, 0.3) is 11.1 Å². The molecule has 0 aromatic heterocycles. The highest BCUT2D eigenvalue weighted by Crippen LogP contribution is 2.43. The van der Waals surface area contributed by atoms with Gasteiger partial charge in [0, 0.05) is 12.3 Å². The van der Waals surface area contributed by atoms with Gasteiger partial charge >= 0.3 is 0 Å². The molecular weight excluding hydrogens is 520 g/mol. The first kappa shape index (κ1) is 26.7. The van der Waals surface area contributed by atoms with Gasteiger partial charge in [-0.3, -0.25) is 4.72 Å². The van der Waals surface area contributed by atoms with Crippen molar-refractivity contribution in [3.05, 3.63) is 76.3 Å². The third kappa shape index (κ3) is 5.46. The lowest BCUT2D eigenvalue weighted by Crippen LogP contribution is -2.27. The van der Waals surface area contributed by atoms with E-state index in [0.29, 0.717) is 35.3 Å². The smallest absolute Gasteiger partial charge is 0.229 e. The zero-order chi connectivity index (χ0) is 27.2. The highest BCUT2D eigenvalue weighted by molar-refractivity contribution is 7.92. The van der Waals surface area contributed by atoms with Crippen molar-refractivity contribution in [3.63, 3.8) is 0 Å². The monoisotopic (exact) mass is 554 g/mol. The maximum Gasteiger partial charge on any atom is 0.229 e. The average Bonchev–Trinajstić information content (AvgIpc) is 2.83. The van der Waals surface area contributed by atoms with Gasteiger partial charge in [-0.1, -0.05) is 24.3 Å². The molecule has 3 aromatic rings. The van der Waals surface area contributed by atoms with Crippen molar-refractivity contribution in [1.82, 2.24) is 0 Å². The number of sulfone groups is 1. The quantitative estimate of drug-likeness (QED) is 0.442. The third-order valence-electron chi connectivity index (χ3n) is 7.68. The van der Waals surface area contributed by atoms with E-state index in [4.69, 9.17) is 10.5 Å². The molecule has 0 fully saturated rings. The zero-order valence-electron chi connectivity index (χ0n) is 22.0. The maximum atomic E-state index is 12.4. The number of nitrogens with two attached hydrogens (primary N) is 1. The molecule has 0 bridgehead atoms. The van der Waals surface area contributed by atoms with Crippen molar-refractivity contribution in [2.75, 3.05) is 23.8 Å². The first-order chi connectivity index (χ1) is 17.9. The summed E-state index contributed by atoms with van der Waals surface area (Å²) in [6.07, 6.45) is 6.59. The molecule has 0 amide bonds. The minimum absolute atomic E-state index is 0.0404. The Morgan fingerprint density at radius 3 is 2.39 bits per heavy atom. The Labute approximate surface area is 225 Å². The molecule has 2 unspecified atom stereocenters. The number of aryl methyl sites for hydroxylation is 1. The third-order valence-corrected chi connectivity index (χ3v) is 9.45. The fraction of sp³-hybridized carbons (Fsp3) is 0.379. The molecule has 202 valence electrons. The number of ether oxygens (including phenoxy) is 1. The van der Waals surface area contributed by atoms with Gasteiger partial charge in [0.2, 0.25) is 10.0 Å². The lowest BCUT2D eigenvalue weighted by Gasteiger charge is -2.34. The van der Waals surface area contributed by atoms with Crippen molar-refractivity contribution in [3.8, 4) is 16.9 Å². The second kappa shape index (κ2) is 10.0. The Kier molecular flexibility index (Phi) is 7.04. The van der Waals surface area contributed by atoms with Gasteiger partial charge in [0.15, 0.2) is 9.84 Å². The molecule has 0 spiro atoms. The predicted molar refractivity (Wildman–Crippen MR) is 151 cm³/mol. The van der Waals surface area contributed by atoms with Crippen LogP contribution in [0.4, 0.5) is 5.69 Å². The number of anilines is 1. The molecule has 0 radical (unpaired) electrons. The zero-order valence-corrected chi connectivity index (χ0v) is 23.6. The van der Waals surface area contributed by atoms with Gasteiger partial charge < -0.3 is 10.5 Å². The van der Waals surface area contributed by atoms with Crippen LogP contribution in [0.2, 0.25) is 0 Å². The molecule has 0 saturated heterocycles. The van der Waals surface area contributed by atoms with E-state index in [9.17, 15) is 16.8 Å². The number of sulfonamides is 1. The standard InChI is InChI=1S/C29H34N2O5S2/c1-18-15-20(7-12-28(18)31-38(3,34)35)36-14-13-19-16-26-23-9-11-25-21(5-4-6-29(25)37(2,32)33)22(23)8-10-24(26)27(30)17-19/h4-8,10,12,15,19,27,31H,9,11,13-14,16-17,30H2,1-3H3. The van der Waals surface area contributed by atoms with E-state index >= 15 is 0 Å². The summed E-state index contributed by atoms with van der Waals surface area (Å²) in [5.41, 5.74) is 14.9. The summed E-state index contributed by atoms with van der Waals surface area (Å²) < 4.78 is 56.3.